The third kappa shape index (κ3) is 4.14. The Kier molecular flexibility index (Phi) is 5.15. The van der Waals surface area contributed by atoms with E-state index in [0.717, 1.165) is 17.7 Å². The second-order valence-corrected chi connectivity index (χ2v) is 6.04. The zero-order valence-corrected chi connectivity index (χ0v) is 14.1. The van der Waals surface area contributed by atoms with E-state index < -0.39 is 0 Å². The van der Waals surface area contributed by atoms with E-state index >= 15 is 0 Å². The smallest absolute Gasteiger partial charge is 0.316 e. The second kappa shape index (κ2) is 7.49. The minimum atomic E-state index is -0.117. The molecule has 1 aliphatic rings. The van der Waals surface area contributed by atoms with Gasteiger partial charge in [-0.25, -0.2) is 9.97 Å². The lowest BCUT2D eigenvalue weighted by Crippen LogP contribution is -2.34. The molecule has 0 saturated carbocycles. The van der Waals surface area contributed by atoms with Gasteiger partial charge in [-0.2, -0.15) is 0 Å². The van der Waals surface area contributed by atoms with Crippen LogP contribution in [0.4, 0.5) is 0 Å². The van der Waals surface area contributed by atoms with Crippen molar-refractivity contribution in [3.8, 4) is 11.8 Å². The Balaban J connectivity index is 1.49. The van der Waals surface area contributed by atoms with Gasteiger partial charge in [-0.3, -0.25) is 4.79 Å². The number of halogens is 1. The number of hydrogen-bond donors (Lipinski definition) is 0. The lowest BCUT2D eigenvalue weighted by molar-refractivity contribution is -0.132. The number of nitrogens with zero attached hydrogens (tertiary/aromatic N) is 3. The molecule has 0 aliphatic carbocycles. The maximum absolute atomic E-state index is 12.3. The van der Waals surface area contributed by atoms with Crippen molar-refractivity contribution in [2.24, 2.45) is 0 Å². The Bertz CT molecular complexity index is 708. The van der Waals surface area contributed by atoms with Gasteiger partial charge in [0.2, 0.25) is 0 Å². The summed E-state index contributed by atoms with van der Waals surface area (Å²) in [7, 11) is 0. The van der Waals surface area contributed by atoms with Crippen molar-refractivity contribution in [3.63, 3.8) is 0 Å². The standard InChI is InChI=1S/C17H18ClN3O3/c1-12-4-2-3-5-15(12)23-11-16(22)21-7-6-14(10-21)24-17-19-8-13(18)9-20-17/h2-5,8-9,14H,6-7,10-11H2,1H3/t14-/m1/s1. The Hall–Kier alpha value is -2.34. The maximum Gasteiger partial charge on any atom is 0.316 e. The third-order valence-electron chi connectivity index (χ3n) is 3.81. The molecular formula is C17H18ClN3O3. The van der Waals surface area contributed by atoms with E-state index in [1.165, 1.54) is 12.4 Å². The van der Waals surface area contributed by atoms with Crippen LogP contribution >= 0.6 is 11.6 Å². The molecule has 0 bridgehead atoms. The quantitative estimate of drug-likeness (QED) is 0.831. The largest absolute Gasteiger partial charge is 0.484 e. The van der Waals surface area contributed by atoms with Crippen LogP contribution in [0.1, 0.15) is 12.0 Å². The summed E-state index contributed by atoms with van der Waals surface area (Å²) in [4.78, 5) is 22.0. The highest BCUT2D eigenvalue weighted by Crippen LogP contribution is 2.18. The van der Waals surface area contributed by atoms with E-state index in [1.807, 2.05) is 31.2 Å². The Morgan fingerprint density at radius 2 is 2.08 bits per heavy atom. The van der Waals surface area contributed by atoms with Crippen molar-refractivity contribution in [1.29, 1.82) is 0 Å². The molecule has 1 saturated heterocycles. The van der Waals surface area contributed by atoms with Crippen LogP contribution in [0.25, 0.3) is 0 Å². The topological polar surface area (TPSA) is 64.5 Å². The van der Waals surface area contributed by atoms with E-state index in [0.29, 0.717) is 18.1 Å². The molecule has 2 heterocycles. The zero-order chi connectivity index (χ0) is 16.9. The number of benzene rings is 1. The fourth-order valence-electron chi connectivity index (χ4n) is 2.51. The van der Waals surface area contributed by atoms with Gasteiger partial charge in [0.05, 0.1) is 24.0 Å². The molecule has 3 rings (SSSR count). The summed E-state index contributed by atoms with van der Waals surface area (Å²) in [5.74, 6) is 0.675. The number of aromatic nitrogens is 2. The summed E-state index contributed by atoms with van der Waals surface area (Å²) in [6, 6.07) is 7.90. The van der Waals surface area contributed by atoms with Crippen molar-refractivity contribution in [3.05, 3.63) is 47.2 Å². The third-order valence-corrected chi connectivity index (χ3v) is 4.01. The first kappa shape index (κ1) is 16.5. The van der Waals surface area contributed by atoms with Gasteiger partial charge in [0.15, 0.2) is 6.61 Å². The summed E-state index contributed by atoms with van der Waals surface area (Å²) in [5.41, 5.74) is 1.01. The number of carbonyl (C=O) groups is 1. The van der Waals surface area contributed by atoms with Gasteiger partial charge in [-0.05, 0) is 18.6 Å². The average molecular weight is 348 g/mol. The van der Waals surface area contributed by atoms with Gasteiger partial charge in [0.1, 0.15) is 11.9 Å². The predicted molar refractivity (Wildman–Crippen MR) is 89.3 cm³/mol. The average Bonchev–Trinajstić information content (AvgIpc) is 3.05. The molecule has 1 atom stereocenters. The minimum Gasteiger partial charge on any atom is -0.484 e. The normalized spacial score (nSPS) is 16.9. The number of aryl methyl sites for hydroxylation is 1. The van der Waals surface area contributed by atoms with E-state index in [4.69, 9.17) is 21.1 Å². The van der Waals surface area contributed by atoms with Crippen LogP contribution in [0.2, 0.25) is 5.02 Å². The molecule has 1 aromatic carbocycles. The summed E-state index contributed by atoms with van der Waals surface area (Å²) in [6.45, 7) is 3.11. The summed E-state index contributed by atoms with van der Waals surface area (Å²) in [6.07, 6.45) is 3.59. The predicted octanol–water partition coefficient (Wildman–Crippen LogP) is 2.50. The Morgan fingerprint density at radius 3 is 2.83 bits per heavy atom. The van der Waals surface area contributed by atoms with Crippen LogP contribution in [0, 0.1) is 6.92 Å². The first-order valence-corrected chi connectivity index (χ1v) is 8.10. The van der Waals surface area contributed by atoms with Gasteiger partial charge >= 0.3 is 6.01 Å². The lowest BCUT2D eigenvalue weighted by Gasteiger charge is -2.17. The first-order chi connectivity index (χ1) is 11.6. The van der Waals surface area contributed by atoms with Gasteiger partial charge in [0.25, 0.3) is 5.91 Å². The van der Waals surface area contributed by atoms with Crippen LogP contribution < -0.4 is 9.47 Å². The first-order valence-electron chi connectivity index (χ1n) is 7.72. The van der Waals surface area contributed by atoms with Crippen LogP contribution in [0.3, 0.4) is 0 Å². The zero-order valence-electron chi connectivity index (χ0n) is 13.3. The SMILES string of the molecule is Cc1ccccc1OCC(=O)N1CC[C@@H](Oc2ncc(Cl)cn2)C1. The monoisotopic (exact) mass is 347 g/mol. The maximum atomic E-state index is 12.3. The highest BCUT2D eigenvalue weighted by atomic mass is 35.5. The van der Waals surface area contributed by atoms with Gasteiger partial charge in [0, 0.05) is 13.0 Å². The Labute approximate surface area is 145 Å². The van der Waals surface area contributed by atoms with Crippen molar-refractivity contribution < 1.29 is 14.3 Å². The molecular weight excluding hydrogens is 330 g/mol. The molecule has 2 aromatic rings. The Morgan fingerprint density at radius 1 is 1.33 bits per heavy atom. The molecule has 1 amide bonds. The van der Waals surface area contributed by atoms with E-state index in [9.17, 15) is 4.79 Å². The number of amides is 1. The number of likely N-dealkylation sites (tertiary alicyclic amines) is 1. The molecule has 0 radical (unpaired) electrons. The highest BCUT2D eigenvalue weighted by Gasteiger charge is 2.28. The summed E-state index contributed by atoms with van der Waals surface area (Å²) in [5, 5.41) is 0.457. The number of rotatable bonds is 5. The van der Waals surface area contributed by atoms with Gasteiger partial charge in [-0.15, -0.1) is 0 Å². The van der Waals surface area contributed by atoms with Crippen LogP contribution in [0.15, 0.2) is 36.7 Å². The summed E-state index contributed by atoms with van der Waals surface area (Å²) >= 11 is 5.74. The number of hydrogen-bond acceptors (Lipinski definition) is 5. The molecule has 0 unspecified atom stereocenters. The molecule has 126 valence electrons. The van der Waals surface area contributed by atoms with Crippen molar-refractivity contribution in [2.75, 3.05) is 19.7 Å². The van der Waals surface area contributed by atoms with E-state index in [1.54, 1.807) is 4.90 Å². The molecule has 0 spiro atoms. The number of carbonyl (C=O) groups excluding carboxylic acids is 1. The fraction of sp³-hybridized carbons (Fsp3) is 0.353. The van der Waals surface area contributed by atoms with Crippen LogP contribution in [0.5, 0.6) is 11.8 Å². The molecule has 6 nitrogen and oxygen atoms in total. The summed E-state index contributed by atoms with van der Waals surface area (Å²) < 4.78 is 11.3. The number of para-hydroxylation sites is 1. The molecule has 1 fully saturated rings. The molecule has 1 aliphatic heterocycles. The fourth-order valence-corrected chi connectivity index (χ4v) is 2.61. The van der Waals surface area contributed by atoms with E-state index in [-0.39, 0.29) is 24.6 Å². The minimum absolute atomic E-state index is 0.0228. The van der Waals surface area contributed by atoms with E-state index in [2.05, 4.69) is 9.97 Å². The van der Waals surface area contributed by atoms with Crippen molar-refractivity contribution in [1.82, 2.24) is 14.9 Å². The second-order valence-electron chi connectivity index (χ2n) is 5.61. The van der Waals surface area contributed by atoms with Gasteiger partial charge < -0.3 is 14.4 Å². The molecule has 24 heavy (non-hydrogen) atoms. The molecule has 7 heteroatoms. The van der Waals surface area contributed by atoms with Crippen LogP contribution in [-0.4, -0.2) is 46.6 Å². The molecule has 0 N–H and O–H groups in total. The van der Waals surface area contributed by atoms with Gasteiger partial charge in [-0.1, -0.05) is 29.8 Å². The van der Waals surface area contributed by atoms with Crippen LogP contribution in [-0.2, 0) is 4.79 Å². The van der Waals surface area contributed by atoms with Crippen molar-refractivity contribution >= 4 is 17.5 Å². The molecule has 1 aromatic heterocycles. The highest BCUT2D eigenvalue weighted by molar-refractivity contribution is 6.30. The number of ether oxygens (including phenoxy) is 2. The van der Waals surface area contributed by atoms with Crippen molar-refractivity contribution in [2.45, 2.75) is 19.4 Å². The lowest BCUT2D eigenvalue weighted by atomic mass is 10.2.